The van der Waals surface area contributed by atoms with Crippen LogP contribution < -0.4 is 5.32 Å². The Morgan fingerprint density at radius 1 is 1.17 bits per heavy atom. The summed E-state index contributed by atoms with van der Waals surface area (Å²) in [6.45, 7) is 12.9. The first-order chi connectivity index (χ1) is 8.10. The highest BCUT2D eigenvalue weighted by Gasteiger charge is 2.22. The summed E-state index contributed by atoms with van der Waals surface area (Å²) in [5, 5.41) is 4.32. The van der Waals surface area contributed by atoms with Gasteiger partial charge >= 0.3 is 0 Å². The third-order valence-electron chi connectivity index (χ3n) is 2.56. The highest BCUT2D eigenvalue weighted by molar-refractivity contribution is 7.09. The molecule has 0 spiro atoms. The minimum Gasteiger partial charge on any atom is -0.360 e. The van der Waals surface area contributed by atoms with Gasteiger partial charge in [-0.1, -0.05) is 34.6 Å². The first-order valence-electron chi connectivity index (χ1n) is 6.33. The molecule has 0 aliphatic carbocycles. The molecular formula is C13H26N4S. The Balaban J connectivity index is 2.56. The smallest absolute Gasteiger partial charge is 0.202 e. The second-order valence-electron chi connectivity index (χ2n) is 6.93. The molecule has 0 bridgehead atoms. The summed E-state index contributed by atoms with van der Waals surface area (Å²) in [5.41, 5.74) is 0.243. The fourth-order valence-corrected chi connectivity index (χ4v) is 2.58. The summed E-state index contributed by atoms with van der Waals surface area (Å²) in [6, 6.07) is 0. The van der Waals surface area contributed by atoms with Gasteiger partial charge in [0.15, 0.2) is 0 Å². The molecule has 0 amide bonds. The van der Waals surface area contributed by atoms with Crippen LogP contribution in [0.4, 0.5) is 5.13 Å². The van der Waals surface area contributed by atoms with Crippen LogP contribution in [0.2, 0.25) is 0 Å². The van der Waals surface area contributed by atoms with Gasteiger partial charge in [-0.25, -0.2) is 4.98 Å². The van der Waals surface area contributed by atoms with Gasteiger partial charge < -0.3 is 10.2 Å². The normalized spacial score (nSPS) is 13.1. The van der Waals surface area contributed by atoms with E-state index in [4.69, 9.17) is 0 Å². The van der Waals surface area contributed by atoms with E-state index in [1.807, 2.05) is 0 Å². The van der Waals surface area contributed by atoms with Crippen molar-refractivity contribution < 1.29 is 0 Å². The van der Waals surface area contributed by atoms with E-state index in [9.17, 15) is 0 Å². The Morgan fingerprint density at radius 3 is 2.22 bits per heavy atom. The zero-order valence-corrected chi connectivity index (χ0v) is 13.5. The van der Waals surface area contributed by atoms with E-state index in [-0.39, 0.29) is 10.8 Å². The van der Waals surface area contributed by atoms with Crippen molar-refractivity contribution in [2.45, 2.75) is 40.0 Å². The molecule has 18 heavy (non-hydrogen) atoms. The second-order valence-corrected chi connectivity index (χ2v) is 7.68. The molecular weight excluding hydrogens is 244 g/mol. The van der Waals surface area contributed by atoms with E-state index < -0.39 is 0 Å². The molecule has 0 saturated heterocycles. The van der Waals surface area contributed by atoms with Crippen molar-refractivity contribution in [1.29, 1.82) is 0 Å². The molecule has 0 atom stereocenters. The predicted molar refractivity (Wildman–Crippen MR) is 79.4 cm³/mol. The summed E-state index contributed by atoms with van der Waals surface area (Å²) in [6.07, 6.45) is 0. The maximum Gasteiger partial charge on any atom is 0.202 e. The van der Waals surface area contributed by atoms with Crippen LogP contribution >= 0.6 is 11.5 Å². The molecule has 5 heteroatoms. The Labute approximate surface area is 115 Å². The zero-order chi connectivity index (χ0) is 14.0. The van der Waals surface area contributed by atoms with Crippen LogP contribution in [0.25, 0.3) is 0 Å². The summed E-state index contributed by atoms with van der Waals surface area (Å²) in [4.78, 5) is 6.76. The van der Waals surface area contributed by atoms with Crippen LogP contribution in [-0.2, 0) is 5.41 Å². The van der Waals surface area contributed by atoms with Crippen molar-refractivity contribution in [3.63, 3.8) is 0 Å². The van der Waals surface area contributed by atoms with Crippen LogP contribution in [0.1, 0.15) is 40.4 Å². The van der Waals surface area contributed by atoms with Crippen molar-refractivity contribution in [3.8, 4) is 0 Å². The molecule has 0 aliphatic heterocycles. The molecule has 0 fully saturated rings. The van der Waals surface area contributed by atoms with Crippen LogP contribution in [0.5, 0.6) is 0 Å². The molecule has 1 N–H and O–H groups in total. The third-order valence-corrected chi connectivity index (χ3v) is 3.23. The van der Waals surface area contributed by atoms with Crippen LogP contribution in [0.3, 0.4) is 0 Å². The number of rotatable bonds is 5. The van der Waals surface area contributed by atoms with E-state index >= 15 is 0 Å². The molecule has 0 aliphatic rings. The molecule has 0 saturated carbocycles. The maximum absolute atomic E-state index is 4.55. The molecule has 0 radical (unpaired) electrons. The fraction of sp³-hybridized carbons (Fsp3) is 0.846. The van der Waals surface area contributed by atoms with E-state index in [1.165, 1.54) is 11.5 Å². The number of aromatic nitrogens is 2. The minimum atomic E-state index is 0.0234. The van der Waals surface area contributed by atoms with E-state index in [2.05, 4.69) is 68.3 Å². The molecule has 4 nitrogen and oxygen atoms in total. The molecule has 1 aromatic rings. The van der Waals surface area contributed by atoms with Crippen molar-refractivity contribution in [1.82, 2.24) is 14.3 Å². The lowest BCUT2D eigenvalue weighted by Gasteiger charge is -2.28. The maximum atomic E-state index is 4.55. The van der Waals surface area contributed by atoms with E-state index in [1.54, 1.807) is 0 Å². The summed E-state index contributed by atoms with van der Waals surface area (Å²) < 4.78 is 4.41. The van der Waals surface area contributed by atoms with E-state index in [0.29, 0.717) is 0 Å². The number of anilines is 1. The summed E-state index contributed by atoms with van der Waals surface area (Å²) >= 11 is 1.45. The van der Waals surface area contributed by atoms with Gasteiger partial charge in [0, 0.05) is 30.0 Å². The fourth-order valence-electron chi connectivity index (χ4n) is 1.83. The number of nitrogens with zero attached hydrogens (tertiary/aromatic N) is 3. The van der Waals surface area contributed by atoms with Gasteiger partial charge in [0.1, 0.15) is 5.82 Å². The van der Waals surface area contributed by atoms with Gasteiger partial charge in [0.05, 0.1) is 0 Å². The summed E-state index contributed by atoms with van der Waals surface area (Å²) in [5.74, 6) is 0.917. The number of nitrogens with one attached hydrogen (secondary N) is 1. The molecule has 0 aromatic carbocycles. The van der Waals surface area contributed by atoms with Gasteiger partial charge in [0.25, 0.3) is 0 Å². The predicted octanol–water partition coefficient (Wildman–Crippen LogP) is 2.84. The zero-order valence-electron chi connectivity index (χ0n) is 12.7. The summed E-state index contributed by atoms with van der Waals surface area (Å²) in [7, 11) is 4.20. The molecule has 0 unspecified atom stereocenters. The minimum absolute atomic E-state index is 0.0234. The van der Waals surface area contributed by atoms with Crippen molar-refractivity contribution in [3.05, 3.63) is 5.82 Å². The standard InChI is InChI=1S/C13H26N4S/c1-12(2,3)10-15-11(18-16-10)14-8-13(4,5)9-17(6)7/h8-9H2,1-7H3,(H,14,15,16). The van der Waals surface area contributed by atoms with Gasteiger partial charge in [-0.2, -0.15) is 4.37 Å². The monoisotopic (exact) mass is 270 g/mol. The van der Waals surface area contributed by atoms with Crippen LogP contribution in [0, 0.1) is 5.41 Å². The Kier molecular flexibility index (Phi) is 4.72. The lowest BCUT2D eigenvalue weighted by atomic mass is 9.93. The average Bonchev–Trinajstić information content (AvgIpc) is 2.60. The first kappa shape index (κ1) is 15.4. The lowest BCUT2D eigenvalue weighted by molar-refractivity contribution is 0.254. The highest BCUT2D eigenvalue weighted by Crippen LogP contribution is 2.24. The van der Waals surface area contributed by atoms with Gasteiger partial charge in [0.2, 0.25) is 5.13 Å². The van der Waals surface area contributed by atoms with Crippen molar-refractivity contribution >= 4 is 16.7 Å². The quantitative estimate of drug-likeness (QED) is 0.893. The van der Waals surface area contributed by atoms with Gasteiger partial charge in [-0.3, -0.25) is 0 Å². The Bertz CT molecular complexity index is 377. The molecule has 1 heterocycles. The topological polar surface area (TPSA) is 41.0 Å². The highest BCUT2D eigenvalue weighted by atomic mass is 32.1. The number of hydrogen-bond donors (Lipinski definition) is 1. The first-order valence-corrected chi connectivity index (χ1v) is 7.10. The van der Waals surface area contributed by atoms with Crippen LogP contribution in [-0.4, -0.2) is 41.4 Å². The Morgan fingerprint density at radius 2 is 1.78 bits per heavy atom. The second kappa shape index (κ2) is 5.53. The lowest BCUT2D eigenvalue weighted by Crippen LogP contribution is -2.34. The SMILES string of the molecule is CN(C)CC(C)(C)CNc1nc(C(C)(C)C)ns1. The van der Waals surface area contributed by atoms with E-state index in [0.717, 1.165) is 24.0 Å². The average molecular weight is 270 g/mol. The number of hydrogen-bond acceptors (Lipinski definition) is 5. The van der Waals surface area contributed by atoms with Crippen molar-refractivity contribution in [2.24, 2.45) is 5.41 Å². The Hall–Kier alpha value is -0.680. The van der Waals surface area contributed by atoms with Gasteiger partial charge in [-0.05, 0) is 19.5 Å². The molecule has 104 valence electrons. The van der Waals surface area contributed by atoms with Gasteiger partial charge in [-0.15, -0.1) is 0 Å². The molecule has 1 rings (SSSR count). The molecule has 1 aromatic heterocycles. The largest absolute Gasteiger partial charge is 0.360 e. The van der Waals surface area contributed by atoms with Crippen molar-refractivity contribution in [2.75, 3.05) is 32.5 Å². The van der Waals surface area contributed by atoms with Crippen LogP contribution in [0.15, 0.2) is 0 Å². The third kappa shape index (κ3) is 4.90.